The molecule has 0 aromatic rings. The second kappa shape index (κ2) is 4.79. The molecule has 0 aliphatic heterocycles. The van der Waals surface area contributed by atoms with E-state index >= 15 is 0 Å². The Balaban J connectivity index is 3.56. The van der Waals surface area contributed by atoms with Crippen molar-refractivity contribution in [2.75, 3.05) is 13.6 Å². The highest BCUT2D eigenvalue weighted by Gasteiger charge is 2.08. The molecule has 0 rings (SSSR count). The van der Waals surface area contributed by atoms with Crippen molar-refractivity contribution in [2.24, 2.45) is 0 Å². The fraction of sp³-hybridized carbons (Fsp3) is 1.00. The van der Waals surface area contributed by atoms with E-state index in [4.69, 9.17) is 9.66 Å². The SMILES string of the molecule is CCC(O)CN(C)S(=O)O. The predicted molar refractivity (Wildman–Crippen MR) is 39.7 cm³/mol. The van der Waals surface area contributed by atoms with Crippen LogP contribution in [-0.4, -0.2) is 37.9 Å². The molecule has 0 saturated heterocycles. The zero-order valence-electron chi connectivity index (χ0n) is 6.15. The monoisotopic (exact) mass is 167 g/mol. The molecule has 0 amide bonds. The zero-order valence-corrected chi connectivity index (χ0v) is 6.97. The van der Waals surface area contributed by atoms with Gasteiger partial charge < -0.3 is 5.11 Å². The summed E-state index contributed by atoms with van der Waals surface area (Å²) in [6, 6.07) is 0. The summed E-state index contributed by atoms with van der Waals surface area (Å²) >= 11 is -1.96. The van der Waals surface area contributed by atoms with Crippen LogP contribution in [0, 0.1) is 0 Å². The molecule has 5 heteroatoms. The van der Waals surface area contributed by atoms with Gasteiger partial charge in [-0.3, -0.25) is 4.55 Å². The maximum Gasteiger partial charge on any atom is 0.234 e. The van der Waals surface area contributed by atoms with E-state index in [2.05, 4.69) is 0 Å². The van der Waals surface area contributed by atoms with Crippen LogP contribution in [0.15, 0.2) is 0 Å². The molecule has 2 unspecified atom stereocenters. The van der Waals surface area contributed by atoms with Gasteiger partial charge >= 0.3 is 0 Å². The van der Waals surface area contributed by atoms with Gasteiger partial charge in [0.15, 0.2) is 0 Å². The first-order valence-electron chi connectivity index (χ1n) is 3.08. The van der Waals surface area contributed by atoms with E-state index < -0.39 is 17.4 Å². The summed E-state index contributed by atoms with van der Waals surface area (Å²) in [6.07, 6.45) is 0.0859. The quantitative estimate of drug-likeness (QED) is 0.571. The molecule has 0 aliphatic carbocycles. The van der Waals surface area contributed by atoms with Crippen LogP contribution in [0.4, 0.5) is 0 Å². The topological polar surface area (TPSA) is 60.8 Å². The van der Waals surface area contributed by atoms with E-state index in [1.807, 2.05) is 6.92 Å². The predicted octanol–water partition coefficient (Wildman–Crippen LogP) is -0.174. The summed E-state index contributed by atoms with van der Waals surface area (Å²) in [5.41, 5.74) is 0. The molecule has 2 N–H and O–H groups in total. The number of rotatable bonds is 4. The minimum atomic E-state index is -1.96. The Morgan fingerprint density at radius 1 is 1.70 bits per heavy atom. The lowest BCUT2D eigenvalue weighted by Crippen LogP contribution is -2.29. The van der Waals surface area contributed by atoms with Crippen LogP contribution < -0.4 is 0 Å². The van der Waals surface area contributed by atoms with Gasteiger partial charge in [-0.25, -0.2) is 8.51 Å². The Hall–Kier alpha value is 0.0300. The molecule has 0 bridgehead atoms. The van der Waals surface area contributed by atoms with Gasteiger partial charge in [0, 0.05) is 13.6 Å². The lowest BCUT2D eigenvalue weighted by molar-refractivity contribution is 0.148. The third-order valence-corrected chi connectivity index (χ3v) is 1.89. The van der Waals surface area contributed by atoms with Crippen LogP contribution in [0.25, 0.3) is 0 Å². The van der Waals surface area contributed by atoms with Gasteiger partial charge in [0.1, 0.15) is 0 Å². The summed E-state index contributed by atoms with van der Waals surface area (Å²) in [5, 5.41) is 8.99. The summed E-state index contributed by atoms with van der Waals surface area (Å²) in [6.45, 7) is 2.05. The lowest BCUT2D eigenvalue weighted by Gasteiger charge is -2.14. The zero-order chi connectivity index (χ0) is 8.15. The average molecular weight is 167 g/mol. The normalized spacial score (nSPS) is 17.3. The van der Waals surface area contributed by atoms with E-state index in [1.165, 1.54) is 11.4 Å². The van der Waals surface area contributed by atoms with E-state index in [0.717, 1.165) is 0 Å². The van der Waals surface area contributed by atoms with Crippen LogP contribution in [0.1, 0.15) is 13.3 Å². The van der Waals surface area contributed by atoms with Crippen LogP contribution in [0.3, 0.4) is 0 Å². The van der Waals surface area contributed by atoms with E-state index in [1.54, 1.807) is 0 Å². The molecule has 0 heterocycles. The van der Waals surface area contributed by atoms with Crippen molar-refractivity contribution in [3.63, 3.8) is 0 Å². The third kappa shape index (κ3) is 3.94. The smallest absolute Gasteiger partial charge is 0.234 e. The molecule has 10 heavy (non-hydrogen) atoms. The fourth-order valence-electron chi connectivity index (χ4n) is 0.490. The Morgan fingerprint density at radius 2 is 2.20 bits per heavy atom. The van der Waals surface area contributed by atoms with Crippen molar-refractivity contribution in [3.05, 3.63) is 0 Å². The van der Waals surface area contributed by atoms with Crippen molar-refractivity contribution in [3.8, 4) is 0 Å². The van der Waals surface area contributed by atoms with Crippen molar-refractivity contribution in [2.45, 2.75) is 19.4 Å². The van der Waals surface area contributed by atoms with Gasteiger partial charge in [-0.15, -0.1) is 0 Å². The standard InChI is InChI=1S/C5H13NO3S/c1-3-5(7)4-6(2)10(8)9/h5,7H,3-4H2,1-2H3,(H,8,9). The number of aliphatic hydroxyl groups is 1. The summed E-state index contributed by atoms with van der Waals surface area (Å²) in [4.78, 5) is 0. The van der Waals surface area contributed by atoms with Crippen molar-refractivity contribution in [1.29, 1.82) is 0 Å². The third-order valence-electron chi connectivity index (χ3n) is 1.21. The number of hydrogen-bond acceptors (Lipinski definition) is 2. The highest BCUT2D eigenvalue weighted by Crippen LogP contribution is 1.94. The molecule has 0 aromatic carbocycles. The first-order valence-corrected chi connectivity index (χ1v) is 4.14. The van der Waals surface area contributed by atoms with Gasteiger partial charge in [-0.2, -0.15) is 0 Å². The highest BCUT2D eigenvalue weighted by atomic mass is 32.2. The second-order valence-electron chi connectivity index (χ2n) is 2.10. The largest absolute Gasteiger partial charge is 0.392 e. The summed E-state index contributed by atoms with van der Waals surface area (Å²) in [5.74, 6) is 0. The number of likely N-dealkylation sites (N-methyl/N-ethyl adjacent to an activating group) is 1. The summed E-state index contributed by atoms with van der Waals surface area (Å²) < 4.78 is 19.9. The Labute approximate surface area is 63.3 Å². The molecule has 0 radical (unpaired) electrons. The molecule has 62 valence electrons. The minimum absolute atomic E-state index is 0.236. The Kier molecular flexibility index (Phi) is 4.80. The number of hydrogen-bond donors (Lipinski definition) is 2. The second-order valence-corrected chi connectivity index (χ2v) is 3.19. The molecule has 0 saturated carbocycles. The summed E-state index contributed by atoms with van der Waals surface area (Å²) in [7, 11) is 1.48. The van der Waals surface area contributed by atoms with Crippen LogP contribution in [0.5, 0.6) is 0 Å². The molecule has 2 atom stereocenters. The van der Waals surface area contributed by atoms with Crippen LogP contribution >= 0.6 is 0 Å². The molecular formula is C5H13NO3S. The molecule has 0 aromatic heterocycles. The van der Waals surface area contributed by atoms with E-state index in [0.29, 0.717) is 6.42 Å². The van der Waals surface area contributed by atoms with Gasteiger partial charge in [-0.1, -0.05) is 6.92 Å². The number of aliphatic hydroxyl groups excluding tert-OH is 1. The maximum atomic E-state index is 10.3. The van der Waals surface area contributed by atoms with Gasteiger partial charge in [-0.05, 0) is 6.42 Å². The molecule has 0 fully saturated rings. The first kappa shape index (κ1) is 10.0. The minimum Gasteiger partial charge on any atom is -0.392 e. The fourth-order valence-corrected chi connectivity index (χ4v) is 0.789. The Morgan fingerprint density at radius 3 is 2.50 bits per heavy atom. The average Bonchev–Trinajstić information content (AvgIpc) is 1.87. The van der Waals surface area contributed by atoms with Crippen LogP contribution in [-0.2, 0) is 11.3 Å². The first-order chi connectivity index (χ1) is 4.57. The lowest BCUT2D eigenvalue weighted by atomic mass is 10.3. The number of nitrogens with zero attached hydrogens (tertiary/aromatic N) is 1. The van der Waals surface area contributed by atoms with Gasteiger partial charge in [0.25, 0.3) is 0 Å². The van der Waals surface area contributed by atoms with Gasteiger partial charge in [0.2, 0.25) is 11.3 Å². The maximum absolute atomic E-state index is 10.3. The van der Waals surface area contributed by atoms with Crippen molar-refractivity contribution >= 4 is 11.3 Å². The molecular weight excluding hydrogens is 154 g/mol. The molecule has 0 aliphatic rings. The van der Waals surface area contributed by atoms with Crippen molar-refractivity contribution < 1.29 is 13.9 Å². The molecule has 0 spiro atoms. The van der Waals surface area contributed by atoms with E-state index in [-0.39, 0.29) is 6.54 Å². The van der Waals surface area contributed by atoms with Gasteiger partial charge in [0.05, 0.1) is 6.10 Å². The highest BCUT2D eigenvalue weighted by molar-refractivity contribution is 7.76. The van der Waals surface area contributed by atoms with Crippen LogP contribution in [0.2, 0.25) is 0 Å². The molecule has 4 nitrogen and oxygen atoms in total. The van der Waals surface area contributed by atoms with Crippen molar-refractivity contribution in [1.82, 2.24) is 4.31 Å². The Bertz CT molecular complexity index is 119. The van der Waals surface area contributed by atoms with E-state index in [9.17, 15) is 4.21 Å².